The highest BCUT2D eigenvalue weighted by molar-refractivity contribution is 6.02. The van der Waals surface area contributed by atoms with Crippen molar-refractivity contribution < 1.29 is 23.1 Å². The highest BCUT2D eigenvalue weighted by atomic mass is 19.1. The maximum atomic E-state index is 14.5. The summed E-state index contributed by atoms with van der Waals surface area (Å²) in [4.78, 5) is 24.3. The van der Waals surface area contributed by atoms with E-state index in [1.165, 1.54) is 0 Å². The number of aromatic nitrogens is 2. The van der Waals surface area contributed by atoms with Crippen LogP contribution in [-0.4, -0.2) is 42.3 Å². The molecule has 2 heterocycles. The number of carbonyl (C=O) groups is 2. The Bertz CT molecular complexity index is 1120. The maximum absolute atomic E-state index is 14.5. The number of carbonyl (C=O) groups excluding carboxylic acids is 2. The summed E-state index contributed by atoms with van der Waals surface area (Å²) >= 11 is 0. The van der Waals surface area contributed by atoms with Gasteiger partial charge in [0.2, 0.25) is 5.91 Å². The van der Waals surface area contributed by atoms with Crippen molar-refractivity contribution in [1.82, 2.24) is 15.5 Å². The van der Waals surface area contributed by atoms with E-state index >= 15 is 0 Å². The predicted octanol–water partition coefficient (Wildman–Crippen LogP) is 3.23. The van der Waals surface area contributed by atoms with Crippen molar-refractivity contribution in [3.63, 3.8) is 0 Å². The molecule has 156 valence electrons. The van der Waals surface area contributed by atoms with Crippen LogP contribution in [0.2, 0.25) is 0 Å². The minimum Gasteiger partial charge on any atom is -0.465 e. The van der Waals surface area contributed by atoms with Gasteiger partial charge in [-0.1, -0.05) is 6.07 Å². The summed E-state index contributed by atoms with van der Waals surface area (Å²) in [7, 11) is 1.12. The zero-order chi connectivity index (χ0) is 21.3. The standard InChI is InChI=1S/C21H20F2N4O3/c1-30-21(29)14-8-13(16(22)9-17(14)23)11-4-5-18-15(7-11)19(27-26-18)25-20(28)12-3-2-6-24-10-12/h4-5,7-9,12,24H,2-3,6,10H2,1H3,(H2,25,26,27,28)/t12-/m1/s1. The number of halogens is 2. The molecule has 30 heavy (non-hydrogen) atoms. The first-order valence-electron chi connectivity index (χ1n) is 9.55. The lowest BCUT2D eigenvalue weighted by Crippen LogP contribution is -2.37. The molecule has 0 bridgehead atoms. The molecule has 2 aromatic carbocycles. The Kier molecular flexibility index (Phi) is 5.45. The first-order chi connectivity index (χ1) is 14.5. The van der Waals surface area contributed by atoms with Gasteiger partial charge < -0.3 is 15.4 Å². The molecular weight excluding hydrogens is 394 g/mol. The lowest BCUT2D eigenvalue weighted by molar-refractivity contribution is -0.120. The van der Waals surface area contributed by atoms with E-state index in [2.05, 4.69) is 25.6 Å². The van der Waals surface area contributed by atoms with Crippen molar-refractivity contribution in [2.75, 3.05) is 25.5 Å². The molecule has 0 spiro atoms. The number of nitrogens with one attached hydrogen (secondary N) is 3. The van der Waals surface area contributed by atoms with Crippen LogP contribution >= 0.6 is 0 Å². The number of aromatic amines is 1. The molecule has 0 saturated carbocycles. The molecule has 1 aromatic heterocycles. The number of methoxy groups -OCH3 is 1. The van der Waals surface area contributed by atoms with E-state index in [1.54, 1.807) is 18.2 Å². The molecular formula is C21H20F2N4O3. The highest BCUT2D eigenvalue weighted by Crippen LogP contribution is 2.31. The summed E-state index contributed by atoms with van der Waals surface area (Å²) in [6, 6.07) is 6.69. The second-order valence-electron chi connectivity index (χ2n) is 7.17. The molecule has 1 amide bonds. The van der Waals surface area contributed by atoms with Gasteiger partial charge in [-0.3, -0.25) is 9.89 Å². The third-order valence-corrected chi connectivity index (χ3v) is 5.25. The average molecular weight is 414 g/mol. The summed E-state index contributed by atoms with van der Waals surface area (Å²) in [6.45, 7) is 1.51. The third-order valence-electron chi connectivity index (χ3n) is 5.25. The van der Waals surface area contributed by atoms with Crippen molar-refractivity contribution in [3.05, 3.63) is 47.5 Å². The number of piperidine rings is 1. The number of esters is 1. The predicted molar refractivity (Wildman–Crippen MR) is 107 cm³/mol. The van der Waals surface area contributed by atoms with Crippen LogP contribution in [0.1, 0.15) is 23.2 Å². The largest absolute Gasteiger partial charge is 0.465 e. The Labute approximate surface area is 170 Å². The Morgan fingerprint density at radius 1 is 1.20 bits per heavy atom. The van der Waals surface area contributed by atoms with Gasteiger partial charge in [-0.15, -0.1) is 0 Å². The van der Waals surface area contributed by atoms with E-state index in [0.29, 0.717) is 34.9 Å². The number of anilines is 1. The SMILES string of the molecule is COC(=O)c1cc(-c2ccc3[nH]nc(NC(=O)[C@@H]4CCCNC4)c3c2)c(F)cc1F. The van der Waals surface area contributed by atoms with E-state index in [4.69, 9.17) is 0 Å². The molecule has 9 heteroatoms. The molecule has 1 saturated heterocycles. The van der Waals surface area contributed by atoms with E-state index in [1.807, 2.05) is 0 Å². The number of hydrogen-bond acceptors (Lipinski definition) is 5. The average Bonchev–Trinajstić information content (AvgIpc) is 3.16. The van der Waals surface area contributed by atoms with E-state index in [-0.39, 0.29) is 23.0 Å². The van der Waals surface area contributed by atoms with Crippen LogP contribution in [0.15, 0.2) is 30.3 Å². The maximum Gasteiger partial charge on any atom is 0.340 e. The number of ether oxygens (including phenoxy) is 1. The van der Waals surface area contributed by atoms with Crippen LogP contribution in [-0.2, 0) is 9.53 Å². The zero-order valence-electron chi connectivity index (χ0n) is 16.2. The highest BCUT2D eigenvalue weighted by Gasteiger charge is 2.23. The minimum atomic E-state index is -0.999. The van der Waals surface area contributed by atoms with Gasteiger partial charge in [-0.25, -0.2) is 13.6 Å². The first kappa shape index (κ1) is 20.0. The van der Waals surface area contributed by atoms with Crippen LogP contribution in [0.4, 0.5) is 14.6 Å². The lowest BCUT2D eigenvalue weighted by atomic mass is 9.98. The minimum absolute atomic E-state index is 0.0358. The van der Waals surface area contributed by atoms with Crippen LogP contribution in [0.3, 0.4) is 0 Å². The number of amides is 1. The van der Waals surface area contributed by atoms with E-state index < -0.39 is 17.6 Å². The quantitative estimate of drug-likeness (QED) is 0.570. The van der Waals surface area contributed by atoms with Crippen molar-refractivity contribution in [3.8, 4) is 11.1 Å². The number of H-pyrrole nitrogens is 1. The van der Waals surface area contributed by atoms with Crippen molar-refractivity contribution in [2.45, 2.75) is 12.8 Å². The van der Waals surface area contributed by atoms with Gasteiger partial charge in [0.05, 0.1) is 24.1 Å². The van der Waals surface area contributed by atoms with Gasteiger partial charge in [0, 0.05) is 23.6 Å². The van der Waals surface area contributed by atoms with Crippen molar-refractivity contribution in [1.29, 1.82) is 0 Å². The number of benzene rings is 2. The summed E-state index contributed by atoms with van der Waals surface area (Å²) < 4.78 is 33.0. The molecule has 1 atom stereocenters. The summed E-state index contributed by atoms with van der Waals surface area (Å²) in [5.41, 5.74) is 0.723. The molecule has 0 unspecified atom stereocenters. The van der Waals surface area contributed by atoms with E-state index in [9.17, 15) is 18.4 Å². The molecule has 7 nitrogen and oxygen atoms in total. The van der Waals surface area contributed by atoms with Crippen LogP contribution < -0.4 is 10.6 Å². The smallest absolute Gasteiger partial charge is 0.340 e. The number of nitrogens with zero attached hydrogens (tertiary/aromatic N) is 1. The van der Waals surface area contributed by atoms with Crippen LogP contribution in [0.25, 0.3) is 22.0 Å². The molecule has 3 aromatic rings. The zero-order valence-corrected chi connectivity index (χ0v) is 16.2. The summed E-state index contributed by atoms with van der Waals surface area (Å²) in [6.07, 6.45) is 1.72. The number of rotatable bonds is 4. The molecule has 3 N–H and O–H groups in total. The van der Waals surface area contributed by atoms with Crippen molar-refractivity contribution in [2.24, 2.45) is 5.92 Å². The van der Waals surface area contributed by atoms with Crippen molar-refractivity contribution >= 4 is 28.6 Å². The molecule has 1 aliphatic heterocycles. The Morgan fingerprint density at radius 3 is 2.77 bits per heavy atom. The summed E-state index contributed by atoms with van der Waals surface area (Å²) in [5, 5.41) is 13.6. The number of fused-ring (bicyclic) bond motifs is 1. The third kappa shape index (κ3) is 3.76. The Balaban J connectivity index is 1.69. The fourth-order valence-corrected chi connectivity index (χ4v) is 3.61. The number of hydrogen-bond donors (Lipinski definition) is 3. The second kappa shape index (κ2) is 8.19. The molecule has 1 fully saturated rings. The topological polar surface area (TPSA) is 96.1 Å². The second-order valence-corrected chi connectivity index (χ2v) is 7.17. The van der Waals surface area contributed by atoms with Gasteiger partial charge >= 0.3 is 5.97 Å². The van der Waals surface area contributed by atoms with Crippen LogP contribution in [0, 0.1) is 17.6 Å². The first-order valence-corrected chi connectivity index (χ1v) is 9.55. The fourth-order valence-electron chi connectivity index (χ4n) is 3.61. The normalized spacial score (nSPS) is 16.4. The Morgan fingerprint density at radius 2 is 2.03 bits per heavy atom. The van der Waals surface area contributed by atoms with Gasteiger partial charge in [0.15, 0.2) is 5.82 Å². The van der Waals surface area contributed by atoms with Gasteiger partial charge in [-0.05, 0) is 43.1 Å². The van der Waals surface area contributed by atoms with Crippen LogP contribution in [0.5, 0.6) is 0 Å². The molecule has 4 rings (SSSR count). The summed E-state index contributed by atoms with van der Waals surface area (Å²) in [5.74, 6) is -2.67. The van der Waals surface area contributed by atoms with Gasteiger partial charge in [-0.2, -0.15) is 5.10 Å². The lowest BCUT2D eigenvalue weighted by Gasteiger charge is -2.21. The molecule has 1 aliphatic rings. The Hall–Kier alpha value is -3.33. The fraction of sp³-hybridized carbons (Fsp3) is 0.286. The van der Waals surface area contributed by atoms with Gasteiger partial charge in [0.25, 0.3) is 0 Å². The molecule has 0 aliphatic carbocycles. The molecule has 0 radical (unpaired) electrons. The monoisotopic (exact) mass is 414 g/mol. The van der Waals surface area contributed by atoms with Gasteiger partial charge in [0.1, 0.15) is 11.6 Å². The van der Waals surface area contributed by atoms with E-state index in [0.717, 1.165) is 32.6 Å².